The SMILES string of the molecule is CCCNC(=O)N(C)c1cccc(-c2ccc(C=CC(=O)O)cc2)c1. The number of nitrogens with one attached hydrogen (secondary N) is 1. The fourth-order valence-corrected chi connectivity index (χ4v) is 2.32. The van der Waals surface area contributed by atoms with E-state index in [4.69, 9.17) is 5.11 Å². The predicted octanol–water partition coefficient (Wildman–Crippen LogP) is 4.01. The molecule has 0 radical (unpaired) electrons. The van der Waals surface area contributed by atoms with Gasteiger partial charge in [-0.05, 0) is 41.3 Å². The fourth-order valence-electron chi connectivity index (χ4n) is 2.32. The number of hydrogen-bond donors (Lipinski definition) is 2. The van der Waals surface area contributed by atoms with Gasteiger partial charge in [-0.2, -0.15) is 0 Å². The maximum Gasteiger partial charge on any atom is 0.328 e. The molecule has 2 aromatic rings. The van der Waals surface area contributed by atoms with Crippen LogP contribution in [0.1, 0.15) is 18.9 Å². The van der Waals surface area contributed by atoms with Gasteiger partial charge in [0.1, 0.15) is 0 Å². The Kier molecular flexibility index (Phi) is 6.34. The minimum Gasteiger partial charge on any atom is -0.478 e. The summed E-state index contributed by atoms with van der Waals surface area (Å²) in [6, 6.07) is 15.2. The molecule has 0 aliphatic heterocycles. The Morgan fingerprint density at radius 3 is 2.48 bits per heavy atom. The second kappa shape index (κ2) is 8.68. The highest BCUT2D eigenvalue weighted by Gasteiger charge is 2.10. The third-order valence-electron chi connectivity index (χ3n) is 3.73. The largest absolute Gasteiger partial charge is 0.478 e. The lowest BCUT2D eigenvalue weighted by atomic mass is 10.0. The number of amides is 2. The molecule has 0 unspecified atom stereocenters. The van der Waals surface area contributed by atoms with Crippen LogP contribution in [-0.4, -0.2) is 30.7 Å². The fraction of sp³-hybridized carbons (Fsp3) is 0.200. The summed E-state index contributed by atoms with van der Waals surface area (Å²) >= 11 is 0. The Bertz CT molecular complexity index is 767. The minimum absolute atomic E-state index is 0.131. The molecule has 0 fully saturated rings. The molecular weight excluding hydrogens is 316 g/mol. The van der Waals surface area contributed by atoms with Crippen LogP contribution in [0.15, 0.2) is 54.6 Å². The number of aliphatic carboxylic acids is 1. The Balaban J connectivity index is 2.18. The first-order valence-electron chi connectivity index (χ1n) is 8.14. The number of carboxylic acids is 1. The summed E-state index contributed by atoms with van der Waals surface area (Å²) < 4.78 is 0. The smallest absolute Gasteiger partial charge is 0.328 e. The molecule has 0 heterocycles. The normalized spacial score (nSPS) is 10.6. The molecule has 0 aliphatic carbocycles. The van der Waals surface area contributed by atoms with Gasteiger partial charge in [-0.15, -0.1) is 0 Å². The van der Waals surface area contributed by atoms with E-state index in [1.165, 1.54) is 0 Å². The summed E-state index contributed by atoms with van der Waals surface area (Å²) in [4.78, 5) is 24.2. The van der Waals surface area contributed by atoms with Crippen LogP contribution in [0.3, 0.4) is 0 Å². The minimum atomic E-state index is -0.971. The number of anilines is 1. The van der Waals surface area contributed by atoms with Crippen molar-refractivity contribution in [2.24, 2.45) is 0 Å². The molecule has 0 aliphatic rings. The van der Waals surface area contributed by atoms with Crippen LogP contribution in [0.25, 0.3) is 17.2 Å². The predicted molar refractivity (Wildman–Crippen MR) is 101 cm³/mol. The molecule has 2 N–H and O–H groups in total. The van der Waals surface area contributed by atoms with E-state index in [0.717, 1.165) is 34.9 Å². The van der Waals surface area contributed by atoms with E-state index >= 15 is 0 Å². The summed E-state index contributed by atoms with van der Waals surface area (Å²) in [5.74, 6) is -0.971. The number of carbonyl (C=O) groups is 2. The highest BCUT2D eigenvalue weighted by atomic mass is 16.4. The number of carbonyl (C=O) groups excluding carboxylic acids is 1. The molecule has 130 valence electrons. The summed E-state index contributed by atoms with van der Waals surface area (Å²) in [5, 5.41) is 11.5. The van der Waals surface area contributed by atoms with Gasteiger partial charge in [0.25, 0.3) is 0 Å². The molecular formula is C20H22N2O3. The number of rotatable bonds is 6. The van der Waals surface area contributed by atoms with Crippen molar-refractivity contribution in [2.45, 2.75) is 13.3 Å². The first-order valence-corrected chi connectivity index (χ1v) is 8.14. The highest BCUT2D eigenvalue weighted by molar-refractivity contribution is 5.92. The topological polar surface area (TPSA) is 69.6 Å². The van der Waals surface area contributed by atoms with Crippen molar-refractivity contribution < 1.29 is 14.7 Å². The van der Waals surface area contributed by atoms with Crippen molar-refractivity contribution in [3.05, 3.63) is 60.2 Å². The van der Waals surface area contributed by atoms with Crippen molar-refractivity contribution in [1.29, 1.82) is 0 Å². The zero-order chi connectivity index (χ0) is 18.2. The second-order valence-electron chi connectivity index (χ2n) is 5.63. The summed E-state index contributed by atoms with van der Waals surface area (Å²) in [5.41, 5.74) is 3.61. The molecule has 0 bridgehead atoms. The van der Waals surface area contributed by atoms with E-state index in [1.807, 2.05) is 55.5 Å². The van der Waals surface area contributed by atoms with E-state index in [-0.39, 0.29) is 6.03 Å². The number of urea groups is 1. The number of carboxylic acid groups (broad SMARTS) is 1. The van der Waals surface area contributed by atoms with E-state index in [1.54, 1.807) is 18.0 Å². The lowest BCUT2D eigenvalue weighted by molar-refractivity contribution is -0.131. The molecule has 2 amide bonds. The zero-order valence-corrected chi connectivity index (χ0v) is 14.4. The summed E-state index contributed by atoms with van der Waals surface area (Å²) in [6.07, 6.45) is 3.55. The van der Waals surface area contributed by atoms with Gasteiger partial charge in [0.2, 0.25) is 0 Å². The summed E-state index contributed by atoms with van der Waals surface area (Å²) in [7, 11) is 1.74. The van der Waals surface area contributed by atoms with Gasteiger partial charge in [0, 0.05) is 25.4 Å². The zero-order valence-electron chi connectivity index (χ0n) is 14.4. The van der Waals surface area contributed by atoms with Crippen LogP contribution in [0.5, 0.6) is 0 Å². The average molecular weight is 338 g/mol. The van der Waals surface area contributed by atoms with E-state index in [2.05, 4.69) is 5.32 Å². The Labute approximate surface area is 147 Å². The number of nitrogens with zero attached hydrogens (tertiary/aromatic N) is 1. The van der Waals surface area contributed by atoms with E-state index < -0.39 is 5.97 Å². The monoisotopic (exact) mass is 338 g/mol. The van der Waals surface area contributed by atoms with Crippen molar-refractivity contribution in [3.63, 3.8) is 0 Å². The summed E-state index contributed by atoms with van der Waals surface area (Å²) in [6.45, 7) is 2.66. The first-order chi connectivity index (χ1) is 12.0. The van der Waals surface area contributed by atoms with Crippen LogP contribution in [0.4, 0.5) is 10.5 Å². The molecule has 25 heavy (non-hydrogen) atoms. The van der Waals surface area contributed by atoms with Crippen molar-refractivity contribution in [3.8, 4) is 11.1 Å². The molecule has 0 spiro atoms. The van der Waals surface area contributed by atoms with Gasteiger partial charge in [-0.3, -0.25) is 4.90 Å². The van der Waals surface area contributed by atoms with Gasteiger partial charge in [0.15, 0.2) is 0 Å². The van der Waals surface area contributed by atoms with Crippen molar-refractivity contribution in [2.75, 3.05) is 18.5 Å². The van der Waals surface area contributed by atoms with E-state index in [0.29, 0.717) is 6.54 Å². The Morgan fingerprint density at radius 2 is 1.84 bits per heavy atom. The molecule has 5 nitrogen and oxygen atoms in total. The van der Waals surface area contributed by atoms with Crippen LogP contribution in [0.2, 0.25) is 0 Å². The van der Waals surface area contributed by atoms with Crippen LogP contribution in [0, 0.1) is 0 Å². The highest BCUT2D eigenvalue weighted by Crippen LogP contribution is 2.25. The third kappa shape index (κ3) is 5.21. The molecule has 5 heteroatoms. The van der Waals surface area contributed by atoms with Gasteiger partial charge in [-0.1, -0.05) is 43.3 Å². The number of benzene rings is 2. The third-order valence-corrected chi connectivity index (χ3v) is 3.73. The Hall–Kier alpha value is -3.08. The van der Waals surface area contributed by atoms with Gasteiger partial charge < -0.3 is 10.4 Å². The van der Waals surface area contributed by atoms with Crippen LogP contribution < -0.4 is 10.2 Å². The van der Waals surface area contributed by atoms with Crippen LogP contribution in [-0.2, 0) is 4.79 Å². The van der Waals surface area contributed by atoms with Crippen molar-refractivity contribution >= 4 is 23.8 Å². The quantitative estimate of drug-likeness (QED) is 0.782. The standard InChI is InChI=1S/C20H22N2O3/c1-3-13-21-20(25)22(2)18-6-4-5-17(14-18)16-10-7-15(8-11-16)9-12-19(23)24/h4-12,14H,3,13H2,1-2H3,(H,21,25)(H,23,24). The lowest BCUT2D eigenvalue weighted by Crippen LogP contribution is -2.37. The van der Waals surface area contributed by atoms with Gasteiger partial charge in [0.05, 0.1) is 0 Å². The molecule has 0 atom stereocenters. The molecule has 2 aromatic carbocycles. The number of hydrogen-bond acceptors (Lipinski definition) is 2. The lowest BCUT2D eigenvalue weighted by Gasteiger charge is -2.18. The molecule has 0 saturated heterocycles. The molecule has 0 aromatic heterocycles. The first kappa shape index (κ1) is 18.3. The second-order valence-corrected chi connectivity index (χ2v) is 5.63. The van der Waals surface area contributed by atoms with Gasteiger partial charge >= 0.3 is 12.0 Å². The van der Waals surface area contributed by atoms with E-state index in [9.17, 15) is 9.59 Å². The van der Waals surface area contributed by atoms with Crippen LogP contribution >= 0.6 is 0 Å². The van der Waals surface area contributed by atoms with Crippen molar-refractivity contribution in [1.82, 2.24) is 5.32 Å². The maximum absolute atomic E-state index is 12.1. The molecule has 0 saturated carbocycles. The molecule has 2 rings (SSSR count). The maximum atomic E-state index is 12.1. The van der Waals surface area contributed by atoms with Gasteiger partial charge in [-0.25, -0.2) is 9.59 Å². The Morgan fingerprint density at radius 1 is 1.12 bits per heavy atom. The average Bonchev–Trinajstić information content (AvgIpc) is 2.64.